The summed E-state index contributed by atoms with van der Waals surface area (Å²) < 4.78 is 1.56. The third kappa shape index (κ3) is 3.78. The van der Waals surface area contributed by atoms with Gasteiger partial charge in [-0.05, 0) is 0 Å². The molecule has 0 amide bonds. The maximum atomic E-state index is 2.65. The topological polar surface area (TPSA) is 0 Å². The first-order valence-electron chi connectivity index (χ1n) is 11.1. The zero-order valence-corrected chi connectivity index (χ0v) is 24.3. The van der Waals surface area contributed by atoms with Crippen molar-refractivity contribution in [3.05, 3.63) is 94.1 Å². The van der Waals surface area contributed by atoms with Crippen molar-refractivity contribution in [3.63, 3.8) is 0 Å². The fourth-order valence-electron chi connectivity index (χ4n) is 5.94. The Morgan fingerprint density at radius 3 is 2.32 bits per heavy atom. The van der Waals surface area contributed by atoms with Gasteiger partial charge in [-0.25, -0.2) is 0 Å². The van der Waals surface area contributed by atoms with Crippen molar-refractivity contribution in [3.8, 4) is 0 Å². The maximum Gasteiger partial charge on any atom is -1.00 e. The van der Waals surface area contributed by atoms with E-state index in [-0.39, 0.29) is 24.8 Å². The molecule has 4 heteroatoms. The number of fused-ring (bicyclic) bond motifs is 5. The van der Waals surface area contributed by atoms with Gasteiger partial charge in [-0.2, -0.15) is 0 Å². The van der Waals surface area contributed by atoms with E-state index >= 15 is 0 Å². The van der Waals surface area contributed by atoms with E-state index in [9.17, 15) is 0 Å². The molecule has 2 unspecified atom stereocenters. The minimum atomic E-state index is -1.96. The standard InChI is InChI=1S/C13H9.C12H11.C2H7Si.2ClH.Hf/c1-2-6-12-10(4-1)8-9-11-5-3-7-13(11)12;1-3-9-7-11-5-2-6-12(11)8-10(9)4-1;1-3-2;;;/h1-9H;1,3-4,7-8H,2,5-6H2;3H,1-2H3;2*1H;/q;;;;;+2/p-2. The summed E-state index contributed by atoms with van der Waals surface area (Å²) in [4.78, 5) is 0. The number of halogens is 2. The Balaban J connectivity index is 0.00000116. The Morgan fingerprint density at radius 2 is 1.52 bits per heavy atom. The molecular weight excluding hydrogens is 602 g/mol. The number of rotatable bonds is 3. The van der Waals surface area contributed by atoms with Crippen LogP contribution < -0.4 is 24.8 Å². The van der Waals surface area contributed by atoms with Crippen molar-refractivity contribution in [2.75, 3.05) is 0 Å². The van der Waals surface area contributed by atoms with E-state index in [1.165, 1.54) is 35.6 Å². The molecule has 0 heterocycles. The fraction of sp³-hybridized carbons (Fsp3) is 0.259. The summed E-state index contributed by atoms with van der Waals surface area (Å²) in [5.41, 5.74) is 9.70. The van der Waals surface area contributed by atoms with Gasteiger partial charge in [-0.15, -0.1) is 0 Å². The Bertz CT molecular complexity index is 1200. The van der Waals surface area contributed by atoms with Gasteiger partial charge in [0, 0.05) is 0 Å². The normalized spacial score (nSPS) is 19.7. The largest absolute Gasteiger partial charge is 1.00 e. The number of hydrogen-bond acceptors (Lipinski definition) is 0. The first kappa shape index (κ1) is 23.2. The van der Waals surface area contributed by atoms with Crippen LogP contribution in [-0.4, -0.2) is 5.98 Å². The van der Waals surface area contributed by atoms with Crippen molar-refractivity contribution in [2.45, 2.75) is 39.7 Å². The van der Waals surface area contributed by atoms with Crippen LogP contribution >= 0.6 is 0 Å². The molecule has 3 aromatic rings. The molecule has 0 aliphatic heterocycles. The monoisotopic (exact) mass is 629 g/mol. The summed E-state index contributed by atoms with van der Waals surface area (Å²) in [5.74, 6) is -0.682. The molecule has 0 bridgehead atoms. The zero-order valence-electron chi connectivity index (χ0n) is 18.0. The maximum absolute atomic E-state index is 2.65. The predicted octanol–water partition coefficient (Wildman–Crippen LogP) is 0.774. The first-order chi connectivity index (χ1) is 14.2. The molecule has 3 aromatic carbocycles. The van der Waals surface area contributed by atoms with Gasteiger partial charge in [0.25, 0.3) is 0 Å². The van der Waals surface area contributed by atoms with Crippen LogP contribution in [0.5, 0.6) is 0 Å². The van der Waals surface area contributed by atoms with Crippen molar-refractivity contribution in [2.24, 2.45) is 0 Å². The molecule has 0 nitrogen and oxygen atoms in total. The predicted molar refractivity (Wildman–Crippen MR) is 125 cm³/mol. The van der Waals surface area contributed by atoms with Crippen LogP contribution in [0.2, 0.25) is 13.1 Å². The molecule has 3 aliphatic carbocycles. The van der Waals surface area contributed by atoms with Gasteiger partial charge in [0.05, 0.1) is 0 Å². The Labute approximate surface area is 206 Å². The molecule has 157 valence electrons. The van der Waals surface area contributed by atoms with Crippen LogP contribution in [0, 0.1) is 0 Å². The molecule has 0 fully saturated rings. The van der Waals surface area contributed by atoms with E-state index in [4.69, 9.17) is 0 Å². The average molecular weight is 629 g/mol. The second kappa shape index (κ2) is 9.13. The second-order valence-corrected chi connectivity index (χ2v) is 37.5. The average Bonchev–Trinajstić information content (AvgIpc) is 3.45. The van der Waals surface area contributed by atoms with Crippen LogP contribution in [0.1, 0.15) is 47.2 Å². The van der Waals surface area contributed by atoms with Crippen molar-refractivity contribution in [1.29, 1.82) is 0 Å². The van der Waals surface area contributed by atoms with E-state index in [0.717, 1.165) is 7.35 Å². The third-order valence-electron chi connectivity index (χ3n) is 7.28. The van der Waals surface area contributed by atoms with Gasteiger partial charge in [0.2, 0.25) is 0 Å². The number of allylic oxidation sites excluding steroid dienone is 2. The number of hydrogen-bond donors (Lipinski definition) is 0. The summed E-state index contributed by atoms with van der Waals surface area (Å²) in [7, 11) is 0. The Hall–Kier alpha value is -0.933. The van der Waals surface area contributed by atoms with Gasteiger partial charge in [-0.3, -0.25) is 0 Å². The third-order valence-corrected chi connectivity index (χ3v) is 37.6. The van der Waals surface area contributed by atoms with Crippen LogP contribution in [-0.2, 0) is 33.4 Å². The SMILES string of the molecule is C[SiH](C)[Hf+2]([CH]1C=Cc2cc3c(cc21)CCC3)[CH]1C=Cc2c1ccc1ccccc21.[Cl-].[Cl-]. The van der Waals surface area contributed by atoms with E-state index in [0.29, 0.717) is 0 Å². The summed E-state index contributed by atoms with van der Waals surface area (Å²) in [6.45, 7) is 5.29. The molecule has 0 saturated carbocycles. The smallest absolute Gasteiger partial charge is 1.00 e. The van der Waals surface area contributed by atoms with Gasteiger partial charge in [0.1, 0.15) is 0 Å². The Morgan fingerprint density at radius 1 is 0.806 bits per heavy atom. The van der Waals surface area contributed by atoms with Crippen LogP contribution in [0.3, 0.4) is 0 Å². The number of benzene rings is 3. The number of aryl methyl sites for hydroxylation is 2. The van der Waals surface area contributed by atoms with Gasteiger partial charge >= 0.3 is 183 Å². The second-order valence-electron chi connectivity index (χ2n) is 9.22. The van der Waals surface area contributed by atoms with E-state index < -0.39 is 26.6 Å². The Kier molecular flexibility index (Phi) is 6.85. The van der Waals surface area contributed by atoms with E-state index in [2.05, 4.69) is 85.9 Å². The van der Waals surface area contributed by atoms with Crippen LogP contribution in [0.25, 0.3) is 22.9 Å². The van der Waals surface area contributed by atoms with E-state index in [1.54, 1.807) is 27.8 Å². The molecule has 6 rings (SSSR count). The molecule has 0 radical (unpaired) electrons. The summed E-state index contributed by atoms with van der Waals surface area (Å²) in [5, 5.41) is 2.83. The minimum Gasteiger partial charge on any atom is -1.00 e. The molecule has 31 heavy (non-hydrogen) atoms. The van der Waals surface area contributed by atoms with Gasteiger partial charge in [-0.1, -0.05) is 0 Å². The van der Waals surface area contributed by atoms with Crippen molar-refractivity contribution >= 4 is 28.9 Å². The quantitative estimate of drug-likeness (QED) is 0.377. The van der Waals surface area contributed by atoms with Crippen LogP contribution in [0.15, 0.2) is 60.7 Å². The first-order valence-corrected chi connectivity index (χ1v) is 24.4. The fourth-order valence-corrected chi connectivity index (χ4v) is 35.7. The van der Waals surface area contributed by atoms with Gasteiger partial charge < -0.3 is 24.8 Å². The molecule has 2 atom stereocenters. The zero-order chi connectivity index (χ0) is 19.5. The molecular formula is C27H27Cl2HfSi. The summed E-state index contributed by atoms with van der Waals surface area (Å²) in [6, 6.07) is 18.9. The minimum absolute atomic E-state index is 0. The van der Waals surface area contributed by atoms with Crippen molar-refractivity contribution in [1.82, 2.24) is 0 Å². The molecule has 0 N–H and O–H groups in total. The van der Waals surface area contributed by atoms with E-state index in [1.807, 2.05) is 0 Å². The molecule has 0 saturated heterocycles. The summed E-state index contributed by atoms with van der Waals surface area (Å²) >= 11 is -1.96. The van der Waals surface area contributed by atoms with Gasteiger partial charge in [0.15, 0.2) is 0 Å². The molecule has 0 aromatic heterocycles. The van der Waals surface area contributed by atoms with Crippen LogP contribution in [0.4, 0.5) is 0 Å². The molecule has 0 spiro atoms. The summed E-state index contributed by atoms with van der Waals surface area (Å²) in [6.07, 6.45) is 14.1. The molecule has 3 aliphatic rings. The van der Waals surface area contributed by atoms with Crippen molar-refractivity contribution < 1.29 is 45.4 Å².